The maximum atomic E-state index is 13.1. The van der Waals surface area contributed by atoms with Crippen molar-refractivity contribution in [3.8, 4) is 0 Å². The summed E-state index contributed by atoms with van der Waals surface area (Å²) in [4.78, 5) is 17.4. The summed E-state index contributed by atoms with van der Waals surface area (Å²) in [6.07, 6.45) is 1.68. The van der Waals surface area contributed by atoms with E-state index in [1.54, 1.807) is 24.4 Å². The van der Waals surface area contributed by atoms with Crippen molar-refractivity contribution < 1.29 is 9.18 Å². The zero-order valence-electron chi connectivity index (χ0n) is 11.1. The second kappa shape index (κ2) is 6.06. The molecule has 4 heteroatoms. The zero-order valence-corrected chi connectivity index (χ0v) is 11.9. The second-order valence-electron chi connectivity index (χ2n) is 4.55. The Hall–Kier alpha value is -2.20. The Balaban J connectivity index is 1.81. The van der Waals surface area contributed by atoms with Crippen LogP contribution >= 0.6 is 11.8 Å². The number of ketones is 1. The van der Waals surface area contributed by atoms with E-state index in [0.717, 1.165) is 10.3 Å². The predicted octanol–water partition coefficient (Wildman–Crippen LogP) is 4.35. The third-order valence-corrected chi connectivity index (χ3v) is 4.09. The SMILES string of the molecule is O=C(CSc1cccc(F)c1)c1cccc2cccnc12. The highest BCUT2D eigenvalue weighted by atomic mass is 32.2. The highest BCUT2D eigenvalue weighted by Gasteiger charge is 2.11. The molecule has 104 valence electrons. The van der Waals surface area contributed by atoms with E-state index >= 15 is 0 Å². The number of hydrogen-bond acceptors (Lipinski definition) is 3. The third-order valence-electron chi connectivity index (χ3n) is 3.10. The number of para-hydroxylation sites is 1. The van der Waals surface area contributed by atoms with Crippen LogP contribution in [0.5, 0.6) is 0 Å². The first-order chi connectivity index (χ1) is 10.2. The largest absolute Gasteiger partial charge is 0.293 e. The number of thioether (sulfide) groups is 1. The summed E-state index contributed by atoms with van der Waals surface area (Å²) >= 11 is 1.33. The summed E-state index contributed by atoms with van der Waals surface area (Å²) in [5.41, 5.74) is 1.32. The molecule has 1 heterocycles. The van der Waals surface area contributed by atoms with Crippen molar-refractivity contribution in [3.63, 3.8) is 0 Å². The molecule has 0 radical (unpaired) electrons. The van der Waals surface area contributed by atoms with E-state index in [4.69, 9.17) is 0 Å². The van der Waals surface area contributed by atoms with Gasteiger partial charge in [-0.15, -0.1) is 11.8 Å². The van der Waals surface area contributed by atoms with Gasteiger partial charge in [0.25, 0.3) is 0 Å². The van der Waals surface area contributed by atoms with Crippen molar-refractivity contribution >= 4 is 28.4 Å². The summed E-state index contributed by atoms with van der Waals surface area (Å²) < 4.78 is 13.1. The van der Waals surface area contributed by atoms with E-state index in [9.17, 15) is 9.18 Å². The van der Waals surface area contributed by atoms with Gasteiger partial charge >= 0.3 is 0 Å². The maximum absolute atomic E-state index is 13.1. The lowest BCUT2D eigenvalue weighted by Gasteiger charge is -2.05. The molecule has 0 aliphatic rings. The Morgan fingerprint density at radius 1 is 1.10 bits per heavy atom. The van der Waals surface area contributed by atoms with Crippen LogP contribution in [0.25, 0.3) is 10.9 Å². The van der Waals surface area contributed by atoms with Gasteiger partial charge in [-0.3, -0.25) is 9.78 Å². The number of fused-ring (bicyclic) bond motifs is 1. The molecule has 0 N–H and O–H groups in total. The molecule has 0 atom stereocenters. The minimum atomic E-state index is -0.292. The summed E-state index contributed by atoms with van der Waals surface area (Å²) in [6, 6.07) is 15.6. The number of hydrogen-bond donors (Lipinski definition) is 0. The number of Topliss-reactive ketones (excluding diaryl/α,β-unsaturated/α-hetero) is 1. The van der Waals surface area contributed by atoms with Gasteiger partial charge in [0.2, 0.25) is 0 Å². The molecular weight excluding hydrogens is 285 g/mol. The fourth-order valence-electron chi connectivity index (χ4n) is 2.11. The molecule has 0 fully saturated rings. The van der Waals surface area contributed by atoms with Crippen LogP contribution in [0.1, 0.15) is 10.4 Å². The topological polar surface area (TPSA) is 30.0 Å². The lowest BCUT2D eigenvalue weighted by atomic mass is 10.1. The van der Waals surface area contributed by atoms with Crippen molar-refractivity contribution in [2.75, 3.05) is 5.75 Å². The minimum Gasteiger partial charge on any atom is -0.293 e. The third kappa shape index (κ3) is 3.11. The van der Waals surface area contributed by atoms with E-state index < -0.39 is 0 Å². The van der Waals surface area contributed by atoms with Crippen LogP contribution in [0.15, 0.2) is 65.7 Å². The van der Waals surface area contributed by atoms with Crippen molar-refractivity contribution in [2.24, 2.45) is 0 Å². The van der Waals surface area contributed by atoms with Crippen molar-refractivity contribution in [1.29, 1.82) is 0 Å². The monoisotopic (exact) mass is 297 g/mol. The summed E-state index contributed by atoms with van der Waals surface area (Å²) in [7, 11) is 0. The maximum Gasteiger partial charge on any atom is 0.175 e. The van der Waals surface area contributed by atoms with Gasteiger partial charge in [0, 0.05) is 22.0 Å². The quantitative estimate of drug-likeness (QED) is 0.530. The highest BCUT2D eigenvalue weighted by Crippen LogP contribution is 2.22. The van der Waals surface area contributed by atoms with Crippen LogP contribution in [0, 0.1) is 5.82 Å². The number of aromatic nitrogens is 1. The highest BCUT2D eigenvalue weighted by molar-refractivity contribution is 8.00. The smallest absolute Gasteiger partial charge is 0.175 e. The molecule has 0 saturated heterocycles. The van der Waals surface area contributed by atoms with E-state index in [-0.39, 0.29) is 17.4 Å². The molecule has 0 bridgehead atoms. The Morgan fingerprint density at radius 3 is 2.76 bits per heavy atom. The van der Waals surface area contributed by atoms with Gasteiger partial charge in [-0.1, -0.05) is 24.3 Å². The van der Waals surface area contributed by atoms with Gasteiger partial charge in [-0.25, -0.2) is 4.39 Å². The molecule has 0 saturated carbocycles. The second-order valence-corrected chi connectivity index (χ2v) is 5.60. The summed E-state index contributed by atoms with van der Waals surface area (Å²) in [6.45, 7) is 0. The zero-order chi connectivity index (χ0) is 14.7. The number of pyridine rings is 1. The first kappa shape index (κ1) is 13.8. The first-order valence-electron chi connectivity index (χ1n) is 6.49. The number of carbonyl (C=O) groups excluding carboxylic acids is 1. The lowest BCUT2D eigenvalue weighted by Crippen LogP contribution is -2.04. The van der Waals surface area contributed by atoms with Gasteiger partial charge in [0.1, 0.15) is 5.82 Å². The molecule has 0 aliphatic carbocycles. The number of rotatable bonds is 4. The number of benzene rings is 2. The van der Waals surface area contributed by atoms with E-state index in [1.165, 1.54) is 23.9 Å². The van der Waals surface area contributed by atoms with Gasteiger partial charge in [-0.05, 0) is 30.3 Å². The summed E-state index contributed by atoms with van der Waals surface area (Å²) in [5.74, 6) is -0.0353. The van der Waals surface area contributed by atoms with Crippen LogP contribution in [0.4, 0.5) is 4.39 Å². The number of carbonyl (C=O) groups is 1. The number of halogens is 1. The predicted molar refractivity (Wildman–Crippen MR) is 83.2 cm³/mol. The van der Waals surface area contributed by atoms with Crippen molar-refractivity contribution in [1.82, 2.24) is 4.98 Å². The molecule has 0 amide bonds. The van der Waals surface area contributed by atoms with Crippen molar-refractivity contribution in [2.45, 2.75) is 4.90 Å². The minimum absolute atomic E-state index is 0.00596. The van der Waals surface area contributed by atoms with Gasteiger partial charge in [0.05, 0.1) is 11.3 Å². The fourth-order valence-corrected chi connectivity index (χ4v) is 2.94. The van der Waals surface area contributed by atoms with E-state index in [0.29, 0.717) is 11.1 Å². The molecule has 21 heavy (non-hydrogen) atoms. The number of nitrogens with zero attached hydrogens (tertiary/aromatic N) is 1. The molecular formula is C17H12FNOS. The molecule has 0 unspecified atom stereocenters. The standard InChI is InChI=1S/C17H12FNOS/c18-13-6-2-7-14(10-13)21-11-16(20)15-8-1-4-12-5-3-9-19-17(12)15/h1-10H,11H2. The normalized spacial score (nSPS) is 10.7. The molecule has 0 aliphatic heterocycles. The van der Waals surface area contributed by atoms with Crippen LogP contribution < -0.4 is 0 Å². The Bertz CT molecular complexity index is 798. The first-order valence-corrected chi connectivity index (χ1v) is 7.48. The van der Waals surface area contributed by atoms with Crippen molar-refractivity contribution in [3.05, 3.63) is 72.2 Å². The van der Waals surface area contributed by atoms with Crippen LogP contribution in [0.2, 0.25) is 0 Å². The van der Waals surface area contributed by atoms with E-state index in [2.05, 4.69) is 4.98 Å². The van der Waals surface area contributed by atoms with Crippen LogP contribution in [-0.4, -0.2) is 16.5 Å². The summed E-state index contributed by atoms with van der Waals surface area (Å²) in [5, 5.41) is 0.944. The molecule has 2 nitrogen and oxygen atoms in total. The Morgan fingerprint density at radius 2 is 1.90 bits per heavy atom. The van der Waals surface area contributed by atoms with Gasteiger partial charge < -0.3 is 0 Å². The molecule has 3 rings (SSSR count). The average molecular weight is 297 g/mol. The fraction of sp³-hybridized carbons (Fsp3) is 0.0588. The molecule has 3 aromatic rings. The Labute approximate surface area is 126 Å². The van der Waals surface area contributed by atoms with Gasteiger partial charge in [-0.2, -0.15) is 0 Å². The molecule has 2 aromatic carbocycles. The van der Waals surface area contributed by atoms with Crippen LogP contribution in [-0.2, 0) is 0 Å². The lowest BCUT2D eigenvalue weighted by molar-refractivity contribution is 0.102. The van der Waals surface area contributed by atoms with Gasteiger partial charge in [0.15, 0.2) is 5.78 Å². The molecule has 0 spiro atoms. The molecule has 1 aromatic heterocycles. The van der Waals surface area contributed by atoms with E-state index in [1.807, 2.05) is 24.3 Å². The average Bonchev–Trinajstić information content (AvgIpc) is 2.52. The van der Waals surface area contributed by atoms with Crippen LogP contribution in [0.3, 0.4) is 0 Å². The Kier molecular flexibility index (Phi) is 3.97.